The van der Waals surface area contributed by atoms with Gasteiger partial charge in [0, 0.05) is 12.0 Å². The molecule has 0 saturated carbocycles. The molecule has 1 atom stereocenters. The van der Waals surface area contributed by atoms with E-state index in [-0.39, 0.29) is 40.1 Å². The maximum absolute atomic E-state index is 14.3. The van der Waals surface area contributed by atoms with Crippen LogP contribution in [0.1, 0.15) is 86.4 Å². The molecule has 0 saturated heterocycles. The number of rotatable bonds is 13. The van der Waals surface area contributed by atoms with E-state index in [1.807, 2.05) is 6.92 Å². The quantitative estimate of drug-likeness (QED) is 0.161. The van der Waals surface area contributed by atoms with Gasteiger partial charge in [-0.25, -0.2) is 9.18 Å². The summed E-state index contributed by atoms with van der Waals surface area (Å²) in [4.78, 5) is 24.6. The minimum absolute atomic E-state index is 0.0219. The summed E-state index contributed by atoms with van der Waals surface area (Å²) in [5, 5.41) is 10.1. The number of halogens is 1. The van der Waals surface area contributed by atoms with Crippen LogP contribution in [-0.4, -0.2) is 23.5 Å². The first-order chi connectivity index (χ1) is 15.4. The summed E-state index contributed by atoms with van der Waals surface area (Å²) in [6.07, 6.45) is 7.32. The molecular formula is C26H33FO5. The molecular weight excluding hydrogens is 411 g/mol. The monoisotopic (exact) mass is 444 g/mol. The fourth-order valence-corrected chi connectivity index (χ4v) is 3.21. The van der Waals surface area contributed by atoms with Crippen LogP contribution in [-0.2, 0) is 0 Å². The third kappa shape index (κ3) is 7.36. The Morgan fingerprint density at radius 1 is 1.00 bits per heavy atom. The first kappa shape index (κ1) is 25.4. The van der Waals surface area contributed by atoms with Gasteiger partial charge in [-0.15, -0.1) is 0 Å². The van der Waals surface area contributed by atoms with Gasteiger partial charge in [0.25, 0.3) is 0 Å². The Kier molecular flexibility index (Phi) is 10.2. The topological polar surface area (TPSA) is 72.8 Å². The standard InChI is InChI=1S/C26H33FO5/c1-4-6-7-8-9-10-15-31-24-14-11-19(16-22(24)27)26(30)32-20-12-13-21(23(28)17-20)25(29)18(3)5-2/h11-14,16-18,28H,4-10,15H2,1-3H3/t18-/m0/s1. The van der Waals surface area contributed by atoms with Gasteiger partial charge in [0.2, 0.25) is 0 Å². The molecule has 0 bridgehead atoms. The third-order valence-corrected chi connectivity index (χ3v) is 5.43. The minimum Gasteiger partial charge on any atom is -0.507 e. The first-order valence-corrected chi connectivity index (χ1v) is 11.4. The molecule has 1 N–H and O–H groups in total. The zero-order valence-electron chi connectivity index (χ0n) is 19.2. The molecule has 2 aromatic rings. The molecule has 2 aromatic carbocycles. The Morgan fingerprint density at radius 2 is 1.72 bits per heavy atom. The summed E-state index contributed by atoms with van der Waals surface area (Å²) in [6, 6.07) is 7.98. The fourth-order valence-electron chi connectivity index (χ4n) is 3.21. The molecule has 32 heavy (non-hydrogen) atoms. The molecule has 0 heterocycles. The first-order valence-electron chi connectivity index (χ1n) is 11.4. The van der Waals surface area contributed by atoms with Crippen molar-refractivity contribution in [1.82, 2.24) is 0 Å². The molecule has 0 spiro atoms. The van der Waals surface area contributed by atoms with Crippen LogP contribution in [0.4, 0.5) is 4.39 Å². The molecule has 0 amide bonds. The molecule has 174 valence electrons. The zero-order valence-corrected chi connectivity index (χ0v) is 19.2. The number of carbonyl (C=O) groups is 2. The number of ether oxygens (including phenoxy) is 2. The normalized spacial score (nSPS) is 11.8. The second-order valence-electron chi connectivity index (χ2n) is 8.00. The molecule has 0 unspecified atom stereocenters. The molecule has 0 aliphatic heterocycles. The van der Waals surface area contributed by atoms with Crippen molar-refractivity contribution in [3.05, 3.63) is 53.3 Å². The number of phenolic OH excluding ortho intramolecular Hbond substituents is 1. The minimum atomic E-state index is -0.772. The van der Waals surface area contributed by atoms with Crippen LogP contribution in [0.2, 0.25) is 0 Å². The van der Waals surface area contributed by atoms with E-state index in [0.717, 1.165) is 25.3 Å². The molecule has 0 aliphatic rings. The van der Waals surface area contributed by atoms with E-state index in [1.54, 1.807) is 6.92 Å². The Hall–Kier alpha value is -2.89. The molecule has 0 aromatic heterocycles. The Morgan fingerprint density at radius 3 is 2.38 bits per heavy atom. The molecule has 5 nitrogen and oxygen atoms in total. The van der Waals surface area contributed by atoms with E-state index < -0.39 is 11.8 Å². The van der Waals surface area contributed by atoms with Crippen molar-refractivity contribution in [2.45, 2.75) is 65.7 Å². The van der Waals surface area contributed by atoms with Gasteiger partial charge in [0.15, 0.2) is 17.3 Å². The summed E-state index contributed by atoms with van der Waals surface area (Å²) >= 11 is 0. The maximum Gasteiger partial charge on any atom is 0.343 e. The molecule has 0 fully saturated rings. The summed E-state index contributed by atoms with van der Waals surface area (Å²) in [5.41, 5.74) is 0.200. The van der Waals surface area contributed by atoms with Crippen molar-refractivity contribution in [2.24, 2.45) is 5.92 Å². The molecule has 0 radical (unpaired) electrons. The van der Waals surface area contributed by atoms with Gasteiger partial charge < -0.3 is 14.6 Å². The number of carbonyl (C=O) groups excluding carboxylic acids is 2. The summed E-state index contributed by atoms with van der Waals surface area (Å²) in [5.74, 6) is -1.90. The van der Waals surface area contributed by atoms with Gasteiger partial charge in [-0.05, 0) is 43.2 Å². The van der Waals surface area contributed by atoms with Crippen LogP contribution in [0.25, 0.3) is 0 Å². The third-order valence-electron chi connectivity index (χ3n) is 5.43. The highest BCUT2D eigenvalue weighted by Gasteiger charge is 2.19. The number of Topliss-reactive ketones (excluding diaryl/α,β-unsaturated/α-hetero) is 1. The Bertz CT molecular complexity index is 909. The van der Waals surface area contributed by atoms with Crippen molar-refractivity contribution in [2.75, 3.05) is 6.61 Å². The Balaban J connectivity index is 1.92. The van der Waals surface area contributed by atoms with Crippen LogP contribution in [0.15, 0.2) is 36.4 Å². The lowest BCUT2D eigenvalue weighted by atomic mass is 9.96. The van der Waals surface area contributed by atoms with Gasteiger partial charge in [0.05, 0.1) is 17.7 Å². The molecule has 6 heteroatoms. The SMILES string of the molecule is CCCCCCCCOc1ccc(C(=O)Oc2ccc(C(=O)[C@@H](C)CC)c(O)c2)cc1F. The van der Waals surface area contributed by atoms with Gasteiger partial charge >= 0.3 is 5.97 Å². The fraction of sp³-hybridized carbons (Fsp3) is 0.462. The highest BCUT2D eigenvalue weighted by atomic mass is 19.1. The van der Waals surface area contributed by atoms with Crippen LogP contribution in [0.5, 0.6) is 17.2 Å². The number of esters is 1. The average Bonchev–Trinajstić information content (AvgIpc) is 2.78. The van der Waals surface area contributed by atoms with E-state index in [1.165, 1.54) is 49.6 Å². The van der Waals surface area contributed by atoms with Crippen molar-refractivity contribution in [1.29, 1.82) is 0 Å². The second-order valence-corrected chi connectivity index (χ2v) is 8.00. The summed E-state index contributed by atoms with van der Waals surface area (Å²) in [7, 11) is 0. The highest BCUT2D eigenvalue weighted by Crippen LogP contribution is 2.27. The van der Waals surface area contributed by atoms with Crippen molar-refractivity contribution >= 4 is 11.8 Å². The summed E-state index contributed by atoms with van der Waals surface area (Å²) in [6.45, 7) is 6.26. The number of hydrogen-bond acceptors (Lipinski definition) is 5. The number of ketones is 1. The number of aromatic hydroxyl groups is 1. The van der Waals surface area contributed by atoms with E-state index in [4.69, 9.17) is 9.47 Å². The van der Waals surface area contributed by atoms with E-state index in [9.17, 15) is 19.1 Å². The van der Waals surface area contributed by atoms with Crippen molar-refractivity contribution < 1.29 is 28.6 Å². The predicted molar refractivity (Wildman–Crippen MR) is 122 cm³/mol. The lowest BCUT2D eigenvalue weighted by molar-refractivity contribution is 0.0734. The van der Waals surface area contributed by atoms with E-state index in [0.29, 0.717) is 13.0 Å². The van der Waals surface area contributed by atoms with Gasteiger partial charge in [-0.2, -0.15) is 0 Å². The Labute approximate surface area is 189 Å². The smallest absolute Gasteiger partial charge is 0.343 e. The largest absolute Gasteiger partial charge is 0.507 e. The van der Waals surface area contributed by atoms with Crippen LogP contribution in [0, 0.1) is 11.7 Å². The molecule has 2 rings (SSSR count). The lowest BCUT2D eigenvalue weighted by Crippen LogP contribution is -2.12. The molecule has 0 aliphatic carbocycles. The zero-order chi connectivity index (χ0) is 23.5. The number of phenols is 1. The van der Waals surface area contributed by atoms with Crippen LogP contribution in [0.3, 0.4) is 0 Å². The van der Waals surface area contributed by atoms with Crippen molar-refractivity contribution in [3.63, 3.8) is 0 Å². The summed E-state index contributed by atoms with van der Waals surface area (Å²) < 4.78 is 25.0. The van der Waals surface area contributed by atoms with E-state index in [2.05, 4.69) is 6.92 Å². The van der Waals surface area contributed by atoms with Crippen LogP contribution >= 0.6 is 0 Å². The lowest BCUT2D eigenvalue weighted by Gasteiger charge is -2.11. The number of unbranched alkanes of at least 4 members (excludes halogenated alkanes) is 5. The van der Waals surface area contributed by atoms with E-state index >= 15 is 0 Å². The van der Waals surface area contributed by atoms with Gasteiger partial charge in [0.1, 0.15) is 11.5 Å². The second kappa shape index (κ2) is 12.8. The highest BCUT2D eigenvalue weighted by molar-refractivity contribution is 6.00. The number of hydrogen-bond donors (Lipinski definition) is 1. The van der Waals surface area contributed by atoms with Gasteiger partial charge in [-0.3, -0.25) is 4.79 Å². The predicted octanol–water partition coefficient (Wildman–Crippen LogP) is 6.72. The number of benzene rings is 2. The average molecular weight is 445 g/mol. The van der Waals surface area contributed by atoms with Crippen LogP contribution < -0.4 is 9.47 Å². The maximum atomic E-state index is 14.3. The van der Waals surface area contributed by atoms with Crippen molar-refractivity contribution in [3.8, 4) is 17.2 Å². The van der Waals surface area contributed by atoms with Gasteiger partial charge in [-0.1, -0.05) is 52.9 Å².